The van der Waals surface area contributed by atoms with Crippen LogP contribution in [0.1, 0.15) is 0 Å². The van der Waals surface area contributed by atoms with Gasteiger partial charge in [0, 0.05) is 42.1 Å². The van der Waals surface area contributed by atoms with Gasteiger partial charge in [0.2, 0.25) is 0 Å². The molecule has 0 aliphatic carbocycles. The molecule has 0 spiro atoms. The quantitative estimate of drug-likeness (QED) is 0.150. The third-order valence-electron chi connectivity index (χ3n) is 10.9. The molecule has 1 aliphatic rings. The number of rotatable bonds is 8. The van der Waals surface area contributed by atoms with Gasteiger partial charge < -0.3 is 4.90 Å². The Morgan fingerprint density at radius 3 is 1.45 bits per heavy atom. The lowest BCUT2D eigenvalue weighted by Crippen LogP contribution is -2.11. The molecule has 10 rings (SSSR count). The lowest BCUT2D eigenvalue weighted by atomic mass is 9.94. The summed E-state index contributed by atoms with van der Waals surface area (Å²) in [5.74, 6) is 0. The second kappa shape index (κ2) is 14.4. The van der Waals surface area contributed by atoms with Crippen LogP contribution in [-0.4, -0.2) is 0 Å². The van der Waals surface area contributed by atoms with Crippen molar-refractivity contribution in [1.82, 2.24) is 0 Å². The van der Waals surface area contributed by atoms with E-state index >= 15 is 0 Å². The molecule has 9 aromatic rings. The van der Waals surface area contributed by atoms with E-state index in [0.29, 0.717) is 0 Å². The topological polar surface area (TPSA) is 3.24 Å². The molecule has 0 N–H and O–H groups in total. The second-order valence-electron chi connectivity index (χ2n) is 14.1. The second-order valence-corrected chi connectivity index (χ2v) is 17.1. The van der Waals surface area contributed by atoms with Crippen molar-refractivity contribution in [3.8, 4) is 44.5 Å². The normalized spacial score (nSPS) is 13.0. The molecule has 9 aromatic carbocycles. The van der Waals surface area contributed by atoms with Gasteiger partial charge in [-0.1, -0.05) is 170 Å². The summed E-state index contributed by atoms with van der Waals surface area (Å²) in [6.45, 7) is 0. The Labute approximate surface area is 331 Å². The predicted octanol–water partition coefficient (Wildman–Crippen LogP) is 15.5. The molecule has 1 heterocycles. The SMILES string of the molecule is c1ccc(-c2ccc(N(c3cccc(-c4cccc5c4-c4ccccc4S5(c4ccccc4)c4ccccc4)c3)c3ccccc3-c3ccccc3)cc2)cc1. The van der Waals surface area contributed by atoms with Crippen LogP contribution in [0.15, 0.2) is 256 Å². The summed E-state index contributed by atoms with van der Waals surface area (Å²) in [5, 5.41) is 0. The van der Waals surface area contributed by atoms with Gasteiger partial charge in [0.05, 0.1) is 5.69 Å². The number of hydrogen-bond donors (Lipinski definition) is 0. The molecule has 0 saturated heterocycles. The van der Waals surface area contributed by atoms with Gasteiger partial charge in [-0.2, -0.15) is 0 Å². The first-order valence-corrected chi connectivity index (χ1v) is 20.8. The van der Waals surface area contributed by atoms with Crippen LogP contribution in [0, 0.1) is 0 Å². The molecular weight excluding hydrogens is 695 g/mol. The predicted molar refractivity (Wildman–Crippen MR) is 236 cm³/mol. The van der Waals surface area contributed by atoms with Gasteiger partial charge in [0.15, 0.2) is 0 Å². The van der Waals surface area contributed by atoms with Crippen molar-refractivity contribution in [3.63, 3.8) is 0 Å². The van der Waals surface area contributed by atoms with E-state index < -0.39 is 10.0 Å². The Bertz CT molecular complexity index is 2740. The lowest BCUT2D eigenvalue weighted by molar-refractivity contribution is 1.28. The Balaban J connectivity index is 1.18. The molecule has 0 radical (unpaired) electrons. The summed E-state index contributed by atoms with van der Waals surface area (Å²) in [5.41, 5.74) is 13.2. The highest BCUT2D eigenvalue weighted by atomic mass is 32.3. The zero-order valence-corrected chi connectivity index (χ0v) is 31.7. The van der Waals surface area contributed by atoms with Crippen LogP contribution in [0.3, 0.4) is 0 Å². The van der Waals surface area contributed by atoms with Crippen LogP contribution < -0.4 is 4.90 Å². The highest BCUT2D eigenvalue weighted by Gasteiger charge is 2.42. The average molecular weight is 734 g/mol. The summed E-state index contributed by atoms with van der Waals surface area (Å²) in [4.78, 5) is 7.91. The Hall–Kier alpha value is -6.87. The van der Waals surface area contributed by atoms with E-state index in [1.54, 1.807) is 0 Å². The van der Waals surface area contributed by atoms with Crippen LogP contribution in [0.5, 0.6) is 0 Å². The van der Waals surface area contributed by atoms with Crippen molar-refractivity contribution in [2.45, 2.75) is 19.6 Å². The maximum atomic E-state index is 2.42. The van der Waals surface area contributed by atoms with Crippen molar-refractivity contribution in [2.75, 3.05) is 4.90 Å². The van der Waals surface area contributed by atoms with E-state index in [9.17, 15) is 0 Å². The van der Waals surface area contributed by atoms with E-state index in [4.69, 9.17) is 0 Å². The first-order chi connectivity index (χ1) is 27.8. The zero-order chi connectivity index (χ0) is 37.3. The smallest absolute Gasteiger partial charge is 0.0540 e. The first-order valence-electron chi connectivity index (χ1n) is 19.2. The van der Waals surface area contributed by atoms with E-state index in [0.717, 1.165) is 17.1 Å². The molecule has 266 valence electrons. The molecule has 1 aliphatic heterocycles. The molecule has 0 fully saturated rings. The maximum absolute atomic E-state index is 2.42. The maximum Gasteiger partial charge on any atom is 0.0540 e. The zero-order valence-electron chi connectivity index (χ0n) is 30.9. The number of nitrogens with zero attached hydrogens (tertiary/aromatic N) is 1. The van der Waals surface area contributed by atoms with Gasteiger partial charge in [-0.15, -0.1) is 10.0 Å². The van der Waals surface area contributed by atoms with Crippen LogP contribution >= 0.6 is 10.0 Å². The van der Waals surface area contributed by atoms with Crippen molar-refractivity contribution in [1.29, 1.82) is 0 Å². The summed E-state index contributed by atoms with van der Waals surface area (Å²) in [6.07, 6.45) is 0. The number of benzene rings is 9. The van der Waals surface area contributed by atoms with E-state index in [2.05, 4.69) is 241 Å². The highest BCUT2D eigenvalue weighted by Crippen LogP contribution is 2.80. The largest absolute Gasteiger partial charge is 0.310 e. The molecule has 0 amide bonds. The summed E-state index contributed by atoms with van der Waals surface area (Å²) in [7, 11) is -1.75. The van der Waals surface area contributed by atoms with Gasteiger partial charge in [0.25, 0.3) is 0 Å². The molecule has 56 heavy (non-hydrogen) atoms. The van der Waals surface area contributed by atoms with Crippen LogP contribution in [0.2, 0.25) is 0 Å². The third-order valence-corrected chi connectivity index (χ3v) is 14.9. The fourth-order valence-electron chi connectivity index (χ4n) is 8.46. The lowest BCUT2D eigenvalue weighted by Gasteiger charge is -2.39. The van der Waals surface area contributed by atoms with Crippen molar-refractivity contribution < 1.29 is 0 Å². The van der Waals surface area contributed by atoms with Gasteiger partial charge in [-0.05, 0) is 100 Å². The van der Waals surface area contributed by atoms with Crippen molar-refractivity contribution in [2.24, 2.45) is 0 Å². The van der Waals surface area contributed by atoms with Gasteiger partial charge >= 0.3 is 0 Å². The minimum absolute atomic E-state index is 1.10. The summed E-state index contributed by atoms with van der Waals surface area (Å²) in [6, 6.07) is 86.6. The number of para-hydroxylation sites is 1. The fourth-order valence-corrected chi connectivity index (χ4v) is 12.7. The van der Waals surface area contributed by atoms with E-state index in [-0.39, 0.29) is 0 Å². The molecule has 0 unspecified atom stereocenters. The van der Waals surface area contributed by atoms with Gasteiger partial charge in [0.1, 0.15) is 0 Å². The van der Waals surface area contributed by atoms with E-state index in [1.807, 2.05) is 0 Å². The fraction of sp³-hybridized carbons (Fsp3) is 0. The van der Waals surface area contributed by atoms with Crippen LogP contribution in [0.4, 0.5) is 17.1 Å². The highest BCUT2D eigenvalue weighted by molar-refractivity contribution is 8.34. The average Bonchev–Trinajstić information content (AvgIpc) is 3.59. The number of fused-ring (bicyclic) bond motifs is 3. The number of anilines is 3. The Kier molecular flexibility index (Phi) is 8.67. The number of hydrogen-bond acceptors (Lipinski definition) is 1. The Morgan fingerprint density at radius 2 is 0.768 bits per heavy atom. The minimum atomic E-state index is -1.75. The van der Waals surface area contributed by atoms with Crippen molar-refractivity contribution in [3.05, 3.63) is 237 Å². The first kappa shape index (κ1) is 33.7. The molecule has 1 nitrogen and oxygen atoms in total. The monoisotopic (exact) mass is 733 g/mol. The standard InChI is InChI=1S/C54H39NS/c1-5-19-40(20-6-1)41-35-37-44(38-36-41)55(51-32-15-13-29-48(51)42-21-7-2-8-22-42)45-24-17-23-43(39-45)49-31-18-34-53-54(49)50-30-14-16-33-52(50)56(53,46-25-9-3-10-26-46)47-27-11-4-12-28-47/h1-39H. The molecule has 2 heteroatoms. The van der Waals surface area contributed by atoms with Crippen LogP contribution in [0.25, 0.3) is 44.5 Å². The Morgan fingerprint density at radius 1 is 0.286 bits per heavy atom. The summed E-state index contributed by atoms with van der Waals surface area (Å²) < 4.78 is 0. The van der Waals surface area contributed by atoms with E-state index in [1.165, 1.54) is 64.1 Å². The molecule has 0 aromatic heterocycles. The molecule has 0 atom stereocenters. The summed E-state index contributed by atoms with van der Waals surface area (Å²) >= 11 is 0. The van der Waals surface area contributed by atoms with Gasteiger partial charge in [-0.25, -0.2) is 0 Å². The molecule has 0 bridgehead atoms. The van der Waals surface area contributed by atoms with Gasteiger partial charge in [-0.3, -0.25) is 0 Å². The van der Waals surface area contributed by atoms with Crippen molar-refractivity contribution >= 4 is 27.1 Å². The molecule has 0 saturated carbocycles. The molecular formula is C54H39NS. The minimum Gasteiger partial charge on any atom is -0.310 e. The third kappa shape index (κ3) is 5.66. The van der Waals surface area contributed by atoms with Crippen LogP contribution in [-0.2, 0) is 0 Å².